The Kier molecular flexibility index (Phi) is 10.7. The molecule has 0 unspecified atom stereocenters. The summed E-state index contributed by atoms with van der Waals surface area (Å²) in [5, 5.41) is 0. The molecule has 0 aromatic carbocycles. The van der Waals surface area contributed by atoms with Crippen molar-refractivity contribution in [2.75, 3.05) is 0 Å². The van der Waals surface area contributed by atoms with Crippen molar-refractivity contribution in [1.82, 2.24) is 0 Å². The van der Waals surface area contributed by atoms with Gasteiger partial charge in [-0.15, -0.1) is 0 Å². The molecule has 0 aliphatic heterocycles. The van der Waals surface area contributed by atoms with E-state index in [2.05, 4.69) is 41.5 Å². The predicted octanol–water partition coefficient (Wildman–Crippen LogP) is 7.26. The number of hydrogen-bond acceptors (Lipinski definition) is 4. The molecule has 0 aromatic rings. The molecule has 156 valence electrons. The summed E-state index contributed by atoms with van der Waals surface area (Å²) in [6.45, 7) is 12.8. The average Bonchev–Trinajstić information content (AvgIpc) is 2.60. The van der Waals surface area contributed by atoms with Gasteiger partial charge in [-0.05, 0) is 53.4 Å². The van der Waals surface area contributed by atoms with E-state index >= 15 is 0 Å². The fourth-order valence-corrected chi connectivity index (χ4v) is 3.33. The second-order valence-corrected chi connectivity index (χ2v) is 9.24. The third-order valence-electron chi connectivity index (χ3n) is 5.22. The van der Waals surface area contributed by atoms with Crippen LogP contribution < -0.4 is 0 Å². The largest absolute Gasteiger partial charge is 0.234 e. The van der Waals surface area contributed by atoms with Crippen molar-refractivity contribution in [1.29, 1.82) is 0 Å². The maximum Gasteiger partial charge on any atom is 0.234 e. The van der Waals surface area contributed by atoms with Crippen LogP contribution in [-0.4, -0.2) is 17.0 Å². The van der Waals surface area contributed by atoms with Crippen molar-refractivity contribution in [2.45, 2.75) is 142 Å². The lowest BCUT2D eigenvalue weighted by atomic mass is 9.94. The van der Waals surface area contributed by atoms with E-state index in [9.17, 15) is 0 Å². The molecular weight excluding hydrogens is 328 g/mol. The molecule has 0 amide bonds. The quantitative estimate of drug-likeness (QED) is 0.139. The Morgan fingerprint density at radius 1 is 0.654 bits per heavy atom. The SMILES string of the molecule is CCCCCC(C)(C)OOC1(OOC(C)(C)CCCCC)CCCCC1. The van der Waals surface area contributed by atoms with Gasteiger partial charge in [0.1, 0.15) is 0 Å². The Labute approximate surface area is 162 Å². The summed E-state index contributed by atoms with van der Waals surface area (Å²) in [4.78, 5) is 23.6. The molecule has 4 heteroatoms. The summed E-state index contributed by atoms with van der Waals surface area (Å²) in [5.74, 6) is -0.762. The van der Waals surface area contributed by atoms with E-state index in [0.717, 1.165) is 51.4 Å². The minimum absolute atomic E-state index is 0.306. The van der Waals surface area contributed by atoms with E-state index in [4.69, 9.17) is 19.6 Å². The van der Waals surface area contributed by atoms with Crippen LogP contribution in [0, 0.1) is 0 Å². The summed E-state index contributed by atoms with van der Waals surface area (Å²) in [5.41, 5.74) is -0.612. The van der Waals surface area contributed by atoms with Crippen molar-refractivity contribution >= 4 is 0 Å². The molecule has 0 N–H and O–H groups in total. The highest BCUT2D eigenvalue weighted by atomic mass is 17.3. The van der Waals surface area contributed by atoms with Gasteiger partial charge < -0.3 is 0 Å². The van der Waals surface area contributed by atoms with Crippen LogP contribution in [0.25, 0.3) is 0 Å². The fraction of sp³-hybridized carbons (Fsp3) is 1.00. The smallest absolute Gasteiger partial charge is 0.228 e. The van der Waals surface area contributed by atoms with E-state index in [0.29, 0.717) is 0 Å². The van der Waals surface area contributed by atoms with Gasteiger partial charge in [-0.2, -0.15) is 9.78 Å². The minimum atomic E-state index is -0.762. The second kappa shape index (κ2) is 11.6. The molecule has 1 aliphatic carbocycles. The first-order valence-corrected chi connectivity index (χ1v) is 11.0. The Morgan fingerprint density at radius 3 is 1.46 bits per heavy atom. The van der Waals surface area contributed by atoms with Crippen LogP contribution in [0.2, 0.25) is 0 Å². The summed E-state index contributed by atoms with van der Waals surface area (Å²) in [7, 11) is 0. The Bertz CT molecular complexity index is 331. The molecular formula is C22H44O4. The predicted molar refractivity (Wildman–Crippen MR) is 107 cm³/mol. The molecule has 0 spiro atoms. The van der Waals surface area contributed by atoms with Crippen LogP contribution in [0.4, 0.5) is 0 Å². The van der Waals surface area contributed by atoms with Gasteiger partial charge in [-0.25, -0.2) is 9.78 Å². The standard InChI is InChI=1S/C22H44O4/c1-7-9-12-16-20(3,4)23-25-22(18-14-11-15-19-22)26-24-21(5,6)17-13-10-8-2/h7-19H2,1-6H3. The van der Waals surface area contributed by atoms with Crippen LogP contribution >= 0.6 is 0 Å². The van der Waals surface area contributed by atoms with Gasteiger partial charge in [0.05, 0.1) is 11.2 Å². The van der Waals surface area contributed by atoms with Gasteiger partial charge in [0, 0.05) is 12.8 Å². The van der Waals surface area contributed by atoms with E-state index in [1.807, 2.05) is 0 Å². The van der Waals surface area contributed by atoms with Crippen LogP contribution in [-0.2, 0) is 19.6 Å². The Hall–Kier alpha value is -0.160. The molecule has 1 fully saturated rings. The fourth-order valence-electron chi connectivity index (χ4n) is 3.33. The van der Waals surface area contributed by atoms with Crippen LogP contribution in [0.1, 0.15) is 125 Å². The number of unbranched alkanes of at least 4 members (excludes halogenated alkanes) is 4. The van der Waals surface area contributed by atoms with Gasteiger partial charge in [0.2, 0.25) is 5.79 Å². The van der Waals surface area contributed by atoms with Gasteiger partial charge in [0.15, 0.2) is 0 Å². The lowest BCUT2D eigenvalue weighted by Crippen LogP contribution is -2.43. The maximum absolute atomic E-state index is 5.94. The molecule has 0 bridgehead atoms. The van der Waals surface area contributed by atoms with Crippen molar-refractivity contribution in [3.63, 3.8) is 0 Å². The first-order valence-electron chi connectivity index (χ1n) is 11.0. The van der Waals surface area contributed by atoms with Crippen molar-refractivity contribution in [3.8, 4) is 0 Å². The van der Waals surface area contributed by atoms with E-state index in [1.165, 1.54) is 32.1 Å². The highest BCUT2D eigenvalue weighted by Gasteiger charge is 2.40. The van der Waals surface area contributed by atoms with Gasteiger partial charge in [-0.3, -0.25) is 0 Å². The normalized spacial score (nSPS) is 18.2. The molecule has 1 saturated carbocycles. The van der Waals surface area contributed by atoms with E-state index in [1.54, 1.807) is 0 Å². The molecule has 0 radical (unpaired) electrons. The Morgan fingerprint density at radius 2 is 1.08 bits per heavy atom. The van der Waals surface area contributed by atoms with Gasteiger partial charge >= 0.3 is 0 Å². The highest BCUT2D eigenvalue weighted by Crippen LogP contribution is 2.36. The topological polar surface area (TPSA) is 36.9 Å². The number of rotatable bonds is 14. The molecule has 0 heterocycles. The van der Waals surface area contributed by atoms with Crippen molar-refractivity contribution in [3.05, 3.63) is 0 Å². The lowest BCUT2D eigenvalue weighted by molar-refractivity contribution is -0.548. The van der Waals surface area contributed by atoms with Gasteiger partial charge in [0.25, 0.3) is 0 Å². The van der Waals surface area contributed by atoms with Crippen molar-refractivity contribution in [2.24, 2.45) is 0 Å². The highest BCUT2D eigenvalue weighted by molar-refractivity contribution is 4.75. The van der Waals surface area contributed by atoms with Gasteiger partial charge in [-0.1, -0.05) is 58.8 Å². The van der Waals surface area contributed by atoms with E-state index < -0.39 is 5.79 Å². The van der Waals surface area contributed by atoms with Crippen LogP contribution in [0.3, 0.4) is 0 Å². The molecule has 0 saturated heterocycles. The maximum atomic E-state index is 5.94. The molecule has 4 nitrogen and oxygen atoms in total. The molecule has 26 heavy (non-hydrogen) atoms. The number of hydrogen-bond donors (Lipinski definition) is 0. The zero-order valence-corrected chi connectivity index (χ0v) is 18.3. The van der Waals surface area contributed by atoms with E-state index in [-0.39, 0.29) is 11.2 Å². The Balaban J connectivity index is 2.55. The first kappa shape index (κ1) is 23.9. The third-order valence-corrected chi connectivity index (χ3v) is 5.22. The molecule has 0 aromatic heterocycles. The molecule has 1 rings (SSSR count). The third kappa shape index (κ3) is 9.68. The zero-order chi connectivity index (χ0) is 19.5. The first-order chi connectivity index (χ1) is 12.2. The lowest BCUT2D eigenvalue weighted by Gasteiger charge is -2.38. The monoisotopic (exact) mass is 372 g/mol. The molecule has 0 atom stereocenters. The summed E-state index contributed by atoms with van der Waals surface area (Å²) in [6, 6.07) is 0. The summed E-state index contributed by atoms with van der Waals surface area (Å²) in [6.07, 6.45) is 14.2. The summed E-state index contributed by atoms with van der Waals surface area (Å²) < 4.78 is 0. The van der Waals surface area contributed by atoms with Crippen LogP contribution in [0.5, 0.6) is 0 Å². The van der Waals surface area contributed by atoms with Crippen LogP contribution in [0.15, 0.2) is 0 Å². The average molecular weight is 373 g/mol. The summed E-state index contributed by atoms with van der Waals surface area (Å²) >= 11 is 0. The minimum Gasteiger partial charge on any atom is -0.228 e. The molecule has 1 aliphatic rings. The second-order valence-electron chi connectivity index (χ2n) is 9.24. The van der Waals surface area contributed by atoms with Crippen molar-refractivity contribution < 1.29 is 19.6 Å². The zero-order valence-electron chi connectivity index (χ0n) is 18.3.